The van der Waals surface area contributed by atoms with Gasteiger partial charge in [-0.25, -0.2) is 0 Å². The Morgan fingerprint density at radius 2 is 1.22 bits per heavy atom. The van der Waals surface area contributed by atoms with Crippen molar-refractivity contribution in [1.29, 1.82) is 0 Å². The summed E-state index contributed by atoms with van der Waals surface area (Å²) in [4.78, 5) is 0. The van der Waals surface area contributed by atoms with E-state index < -0.39 is 0 Å². The molecule has 4 rings (SSSR count). The zero-order valence-electron chi connectivity index (χ0n) is 10.4. The fraction of sp³-hybridized carbons (Fsp3) is 0.600. The second-order valence-corrected chi connectivity index (χ2v) is 5.53. The highest BCUT2D eigenvalue weighted by Gasteiger charge is 2.30. The molecule has 3 heterocycles. The number of rotatable bonds is 6. The molecule has 3 saturated heterocycles. The lowest BCUT2D eigenvalue weighted by molar-refractivity contribution is 0.398. The predicted octanol–water partition coefficient (Wildman–Crippen LogP) is 1.51. The molecule has 3 atom stereocenters. The Hall–Kier alpha value is -0.900. The maximum absolute atomic E-state index is 5.40. The van der Waals surface area contributed by atoms with E-state index in [9.17, 15) is 0 Å². The lowest BCUT2D eigenvalue weighted by Gasteiger charge is -2.13. The highest BCUT2D eigenvalue weighted by atomic mass is 16.6. The second-order valence-electron chi connectivity index (χ2n) is 5.53. The molecule has 3 fully saturated rings. The summed E-state index contributed by atoms with van der Waals surface area (Å²) in [5.41, 5.74) is 4.39. The largest absolute Gasteiger partial charge is 0.373 e. The molecule has 0 saturated carbocycles. The summed E-state index contributed by atoms with van der Waals surface area (Å²) >= 11 is 0. The normalized spacial score (nSPS) is 32.3. The van der Waals surface area contributed by atoms with Gasteiger partial charge in [0.2, 0.25) is 0 Å². The van der Waals surface area contributed by atoms with Gasteiger partial charge in [0.25, 0.3) is 0 Å². The third-order valence-electron chi connectivity index (χ3n) is 3.90. The first-order valence-electron chi connectivity index (χ1n) is 6.83. The topological polar surface area (TPSA) is 37.6 Å². The number of hydrogen-bond donors (Lipinski definition) is 0. The maximum atomic E-state index is 5.40. The standard InChI is InChI=1S/C15H18O3/c1-2-10(4-12-7-16-12)15(6-14-9-18-14)11(3-1)5-13-8-17-13/h1-3,12-14H,4-9H2. The van der Waals surface area contributed by atoms with Crippen molar-refractivity contribution < 1.29 is 14.2 Å². The van der Waals surface area contributed by atoms with Gasteiger partial charge in [0.1, 0.15) is 0 Å². The van der Waals surface area contributed by atoms with Gasteiger partial charge < -0.3 is 14.2 Å². The Kier molecular flexibility index (Phi) is 2.64. The highest BCUT2D eigenvalue weighted by Crippen LogP contribution is 2.28. The van der Waals surface area contributed by atoms with Crippen molar-refractivity contribution in [1.82, 2.24) is 0 Å². The number of ether oxygens (including phenoxy) is 3. The molecule has 0 N–H and O–H groups in total. The first-order chi connectivity index (χ1) is 8.88. The van der Waals surface area contributed by atoms with Crippen LogP contribution in [0.4, 0.5) is 0 Å². The van der Waals surface area contributed by atoms with Crippen LogP contribution in [0.25, 0.3) is 0 Å². The third-order valence-corrected chi connectivity index (χ3v) is 3.90. The van der Waals surface area contributed by atoms with Crippen LogP contribution in [0.15, 0.2) is 18.2 Å². The number of epoxide rings is 3. The van der Waals surface area contributed by atoms with Crippen LogP contribution in [0.5, 0.6) is 0 Å². The monoisotopic (exact) mass is 246 g/mol. The van der Waals surface area contributed by atoms with Gasteiger partial charge in [-0.05, 0) is 16.7 Å². The van der Waals surface area contributed by atoms with Crippen LogP contribution < -0.4 is 0 Å². The second kappa shape index (κ2) is 4.34. The van der Waals surface area contributed by atoms with E-state index in [1.807, 2.05) is 0 Å². The SMILES string of the molecule is c1cc(CC2CO2)c(CC2CO2)c(CC2CO2)c1. The molecule has 0 aromatic heterocycles. The zero-order valence-corrected chi connectivity index (χ0v) is 10.4. The Labute approximate surface area is 107 Å². The molecule has 0 radical (unpaired) electrons. The van der Waals surface area contributed by atoms with Crippen LogP contribution in [0.1, 0.15) is 16.7 Å². The van der Waals surface area contributed by atoms with Gasteiger partial charge in [0, 0.05) is 19.3 Å². The molecule has 0 aliphatic carbocycles. The van der Waals surface area contributed by atoms with E-state index in [-0.39, 0.29) is 0 Å². The van der Waals surface area contributed by atoms with E-state index in [0.29, 0.717) is 18.3 Å². The van der Waals surface area contributed by atoms with Crippen LogP contribution in [0, 0.1) is 0 Å². The molecule has 1 aromatic rings. The van der Waals surface area contributed by atoms with Gasteiger partial charge in [0.15, 0.2) is 0 Å². The van der Waals surface area contributed by atoms with Gasteiger partial charge >= 0.3 is 0 Å². The van der Waals surface area contributed by atoms with E-state index in [1.165, 1.54) is 16.7 Å². The van der Waals surface area contributed by atoms with Gasteiger partial charge in [-0.1, -0.05) is 18.2 Å². The van der Waals surface area contributed by atoms with Crippen molar-refractivity contribution in [2.45, 2.75) is 37.6 Å². The van der Waals surface area contributed by atoms with Crippen LogP contribution in [-0.2, 0) is 33.5 Å². The fourth-order valence-corrected chi connectivity index (χ4v) is 2.61. The molecule has 96 valence electrons. The van der Waals surface area contributed by atoms with Crippen LogP contribution >= 0.6 is 0 Å². The third kappa shape index (κ3) is 2.58. The molecular weight excluding hydrogens is 228 g/mol. The van der Waals surface area contributed by atoms with E-state index >= 15 is 0 Å². The molecule has 3 heteroatoms. The fourth-order valence-electron chi connectivity index (χ4n) is 2.61. The summed E-state index contributed by atoms with van der Waals surface area (Å²) in [6, 6.07) is 6.67. The molecule has 1 aromatic carbocycles. The minimum atomic E-state index is 0.449. The van der Waals surface area contributed by atoms with Crippen molar-refractivity contribution in [2.24, 2.45) is 0 Å². The van der Waals surface area contributed by atoms with E-state index in [4.69, 9.17) is 14.2 Å². The maximum Gasteiger partial charge on any atom is 0.0850 e. The molecular formula is C15H18O3. The minimum Gasteiger partial charge on any atom is -0.373 e. The Bertz CT molecular complexity index is 413. The Morgan fingerprint density at radius 1 is 0.778 bits per heavy atom. The molecule has 0 spiro atoms. The van der Waals surface area contributed by atoms with E-state index in [1.54, 1.807) is 0 Å². The quantitative estimate of drug-likeness (QED) is 0.714. The molecule has 18 heavy (non-hydrogen) atoms. The molecule has 3 unspecified atom stereocenters. The molecule has 3 aliphatic heterocycles. The van der Waals surface area contributed by atoms with E-state index in [0.717, 1.165) is 39.1 Å². The average molecular weight is 246 g/mol. The number of hydrogen-bond acceptors (Lipinski definition) is 3. The summed E-state index contributed by atoms with van der Waals surface area (Å²) in [5.74, 6) is 0. The molecule has 3 aliphatic rings. The van der Waals surface area contributed by atoms with Gasteiger partial charge in [-0.2, -0.15) is 0 Å². The summed E-state index contributed by atoms with van der Waals surface area (Å²) in [7, 11) is 0. The number of benzene rings is 1. The van der Waals surface area contributed by atoms with Gasteiger partial charge in [-0.3, -0.25) is 0 Å². The Balaban J connectivity index is 1.60. The summed E-state index contributed by atoms with van der Waals surface area (Å²) in [5, 5.41) is 0. The summed E-state index contributed by atoms with van der Waals surface area (Å²) < 4.78 is 16.1. The van der Waals surface area contributed by atoms with Crippen molar-refractivity contribution >= 4 is 0 Å². The first kappa shape index (κ1) is 11.0. The molecule has 3 nitrogen and oxygen atoms in total. The zero-order chi connectivity index (χ0) is 11.9. The first-order valence-corrected chi connectivity index (χ1v) is 6.83. The molecule has 0 bridgehead atoms. The van der Waals surface area contributed by atoms with Crippen LogP contribution in [0.3, 0.4) is 0 Å². The average Bonchev–Trinajstić information content (AvgIpc) is 3.22. The predicted molar refractivity (Wildman–Crippen MR) is 66.8 cm³/mol. The van der Waals surface area contributed by atoms with Crippen molar-refractivity contribution in [2.75, 3.05) is 19.8 Å². The minimum absolute atomic E-state index is 0.449. The van der Waals surface area contributed by atoms with Crippen molar-refractivity contribution in [3.05, 3.63) is 34.9 Å². The van der Waals surface area contributed by atoms with Crippen LogP contribution in [0.2, 0.25) is 0 Å². The Morgan fingerprint density at radius 3 is 1.67 bits per heavy atom. The lowest BCUT2D eigenvalue weighted by atomic mass is 9.92. The highest BCUT2D eigenvalue weighted by molar-refractivity contribution is 5.38. The van der Waals surface area contributed by atoms with Gasteiger partial charge in [0.05, 0.1) is 38.1 Å². The van der Waals surface area contributed by atoms with Gasteiger partial charge in [-0.15, -0.1) is 0 Å². The molecule has 0 amide bonds. The van der Waals surface area contributed by atoms with Crippen molar-refractivity contribution in [3.63, 3.8) is 0 Å². The smallest absolute Gasteiger partial charge is 0.0850 e. The van der Waals surface area contributed by atoms with E-state index in [2.05, 4.69) is 18.2 Å². The van der Waals surface area contributed by atoms with Crippen molar-refractivity contribution in [3.8, 4) is 0 Å². The lowest BCUT2D eigenvalue weighted by Crippen LogP contribution is -2.08. The summed E-state index contributed by atoms with van der Waals surface area (Å²) in [6.07, 6.45) is 4.53. The summed E-state index contributed by atoms with van der Waals surface area (Å²) in [6.45, 7) is 2.78. The van der Waals surface area contributed by atoms with Crippen LogP contribution in [-0.4, -0.2) is 38.1 Å².